The summed E-state index contributed by atoms with van der Waals surface area (Å²) < 4.78 is 18.3. The summed E-state index contributed by atoms with van der Waals surface area (Å²) in [6.07, 6.45) is -0.373. The van der Waals surface area contributed by atoms with Crippen LogP contribution in [0.1, 0.15) is 51.8 Å². The van der Waals surface area contributed by atoms with Crippen LogP contribution in [-0.4, -0.2) is 39.6 Å². The van der Waals surface area contributed by atoms with Crippen LogP contribution in [0.2, 0.25) is 10.0 Å². The van der Waals surface area contributed by atoms with Crippen molar-refractivity contribution < 1.29 is 23.8 Å². The summed E-state index contributed by atoms with van der Waals surface area (Å²) in [6.45, 7) is 4.69. The molecule has 184 valence electrons. The number of nitrogens with one attached hydrogen (secondary N) is 1. The van der Waals surface area contributed by atoms with E-state index >= 15 is 0 Å². The van der Waals surface area contributed by atoms with E-state index in [2.05, 4.69) is 4.98 Å². The zero-order valence-electron chi connectivity index (χ0n) is 19.0. The zero-order chi connectivity index (χ0) is 25.0. The second-order valence-corrected chi connectivity index (χ2v) is 8.87. The number of hydrogen-bond donors (Lipinski definition) is 1. The Balaban J connectivity index is 1.68. The number of esters is 1. The first-order valence-electron chi connectivity index (χ1n) is 10.9. The predicted molar refractivity (Wildman–Crippen MR) is 126 cm³/mol. The molecule has 0 radical (unpaired) electrons. The van der Waals surface area contributed by atoms with Gasteiger partial charge in [0.2, 0.25) is 0 Å². The van der Waals surface area contributed by atoms with Crippen LogP contribution in [0.15, 0.2) is 34.0 Å². The number of halogens is 2. The molecule has 9 nitrogen and oxygen atoms in total. The quantitative estimate of drug-likeness (QED) is 0.511. The van der Waals surface area contributed by atoms with Crippen molar-refractivity contribution in [3.05, 3.63) is 60.8 Å². The monoisotopic (exact) mass is 512 g/mol. The van der Waals surface area contributed by atoms with Gasteiger partial charge < -0.3 is 14.2 Å². The Bertz CT molecular complexity index is 1180. The molecule has 1 fully saturated rings. The number of benzene rings is 1. The third kappa shape index (κ3) is 6.28. The molecule has 1 saturated heterocycles. The van der Waals surface area contributed by atoms with Crippen molar-refractivity contribution in [1.29, 1.82) is 0 Å². The minimum atomic E-state index is -0.781. The Morgan fingerprint density at radius 2 is 2.03 bits per heavy atom. The predicted octanol–water partition coefficient (Wildman–Crippen LogP) is 3.44. The van der Waals surface area contributed by atoms with Gasteiger partial charge in [-0.2, -0.15) is 0 Å². The fourth-order valence-electron chi connectivity index (χ4n) is 3.77. The Labute approximate surface area is 205 Å². The molecule has 0 saturated carbocycles. The number of Topliss-reactive ketones (excluding diaryl/α,β-unsaturated/α-hetero) is 1. The number of H-pyrrole nitrogens is 1. The first-order valence-corrected chi connectivity index (χ1v) is 11.7. The molecule has 34 heavy (non-hydrogen) atoms. The van der Waals surface area contributed by atoms with Crippen LogP contribution in [0.25, 0.3) is 0 Å². The van der Waals surface area contributed by atoms with E-state index in [1.54, 1.807) is 26.0 Å². The van der Waals surface area contributed by atoms with Gasteiger partial charge >= 0.3 is 11.7 Å². The van der Waals surface area contributed by atoms with Crippen molar-refractivity contribution in [1.82, 2.24) is 9.55 Å². The normalized spacial score (nSPS) is 20.7. The largest absolute Gasteiger partial charge is 0.481 e. The van der Waals surface area contributed by atoms with E-state index in [0.717, 1.165) is 0 Å². The summed E-state index contributed by atoms with van der Waals surface area (Å²) in [7, 11) is 0. The molecule has 0 amide bonds. The lowest BCUT2D eigenvalue weighted by Gasteiger charge is -2.19. The summed E-state index contributed by atoms with van der Waals surface area (Å²) in [6, 6.07) is 4.72. The highest BCUT2D eigenvalue weighted by atomic mass is 35.5. The third-order valence-electron chi connectivity index (χ3n) is 5.56. The number of nitrogens with zero attached hydrogens (tertiary/aromatic N) is 1. The van der Waals surface area contributed by atoms with Crippen molar-refractivity contribution >= 4 is 35.0 Å². The number of ether oxygens (including phenoxy) is 3. The van der Waals surface area contributed by atoms with Gasteiger partial charge in [-0.3, -0.25) is 23.9 Å². The summed E-state index contributed by atoms with van der Waals surface area (Å²) in [5.41, 5.74) is -0.639. The molecule has 1 aromatic heterocycles. The van der Waals surface area contributed by atoms with Crippen LogP contribution >= 0.6 is 23.2 Å². The van der Waals surface area contributed by atoms with E-state index in [4.69, 9.17) is 37.4 Å². The Hall–Kier alpha value is -2.62. The average molecular weight is 513 g/mol. The summed E-state index contributed by atoms with van der Waals surface area (Å²) in [4.78, 5) is 50.8. The minimum absolute atomic E-state index is 0.0856. The molecule has 1 unspecified atom stereocenters. The zero-order valence-corrected chi connectivity index (χ0v) is 20.5. The molecular formula is C23H26Cl2N2O7. The van der Waals surface area contributed by atoms with Crippen molar-refractivity contribution in [2.24, 2.45) is 0 Å². The van der Waals surface area contributed by atoms with Crippen LogP contribution < -0.4 is 16.0 Å². The van der Waals surface area contributed by atoms with Gasteiger partial charge in [0.05, 0.1) is 11.1 Å². The van der Waals surface area contributed by atoms with Gasteiger partial charge in [0.15, 0.2) is 11.9 Å². The maximum Gasteiger partial charge on any atom is 0.330 e. The molecule has 0 aliphatic carbocycles. The lowest BCUT2D eigenvalue weighted by Crippen LogP contribution is -2.34. The van der Waals surface area contributed by atoms with Crippen LogP contribution in [-0.2, 0) is 25.5 Å². The Kier molecular flexibility index (Phi) is 8.57. The second kappa shape index (κ2) is 11.2. The topological polar surface area (TPSA) is 117 Å². The van der Waals surface area contributed by atoms with E-state index in [1.807, 2.05) is 0 Å². The maximum absolute atomic E-state index is 12.7. The van der Waals surface area contributed by atoms with Gasteiger partial charge in [0.1, 0.15) is 18.1 Å². The molecule has 2 heterocycles. The van der Waals surface area contributed by atoms with Crippen LogP contribution in [0.3, 0.4) is 0 Å². The van der Waals surface area contributed by atoms with Crippen LogP contribution in [0.4, 0.5) is 0 Å². The van der Waals surface area contributed by atoms with Crippen molar-refractivity contribution in [3.8, 4) is 5.75 Å². The first kappa shape index (κ1) is 26.0. The Morgan fingerprint density at radius 1 is 1.29 bits per heavy atom. The van der Waals surface area contributed by atoms with Gasteiger partial charge in [0.25, 0.3) is 5.56 Å². The molecule has 0 bridgehead atoms. The van der Waals surface area contributed by atoms with Crippen molar-refractivity contribution in [3.63, 3.8) is 0 Å². The molecule has 1 aliphatic rings. The number of aryl methyl sites for hydroxylation is 1. The number of carbonyl (C=O) groups excluding carboxylic acids is 2. The SMILES string of the molecule is CCc1cn([C@H]2C[C@H](OC(C)=O)[C@@H](CCC(=O)C(C)Oc3ccc(Cl)cc3Cl)O2)c(=O)[nH]c1=O. The number of aromatic nitrogens is 2. The lowest BCUT2D eigenvalue weighted by molar-refractivity contribution is -0.149. The number of aromatic amines is 1. The molecule has 2 aromatic rings. The molecule has 3 rings (SSSR count). The standard InChI is InChI=1S/C23H26Cl2N2O7/c1-4-14-11-27(23(31)26-22(14)30)21-10-20(33-13(3)28)19(34-21)8-6-17(29)12(2)32-18-7-5-15(24)9-16(18)25/h5,7,9,11-12,19-21H,4,6,8,10H2,1-3H3,(H,26,30,31)/t12?,19-,20+,21-/m1/s1. The van der Waals surface area contributed by atoms with Crippen LogP contribution in [0.5, 0.6) is 5.75 Å². The first-order chi connectivity index (χ1) is 16.1. The average Bonchev–Trinajstić information content (AvgIpc) is 3.15. The summed E-state index contributed by atoms with van der Waals surface area (Å²) >= 11 is 12.0. The van der Waals surface area contributed by atoms with Gasteiger partial charge in [-0.05, 0) is 38.0 Å². The third-order valence-corrected chi connectivity index (χ3v) is 6.09. The van der Waals surface area contributed by atoms with Gasteiger partial charge in [-0.25, -0.2) is 4.79 Å². The molecule has 1 N–H and O–H groups in total. The number of carbonyl (C=O) groups is 2. The van der Waals surface area contributed by atoms with Gasteiger partial charge in [0, 0.05) is 36.5 Å². The fourth-order valence-corrected chi connectivity index (χ4v) is 4.23. The van der Waals surface area contributed by atoms with E-state index in [0.29, 0.717) is 27.8 Å². The molecule has 1 aliphatic heterocycles. The van der Waals surface area contributed by atoms with E-state index in [-0.39, 0.29) is 25.0 Å². The molecule has 0 spiro atoms. The highest BCUT2D eigenvalue weighted by molar-refractivity contribution is 6.35. The minimum Gasteiger partial charge on any atom is -0.481 e. The van der Waals surface area contributed by atoms with Crippen molar-refractivity contribution in [2.45, 2.75) is 71.0 Å². The highest BCUT2D eigenvalue weighted by Gasteiger charge is 2.39. The molecular weight excluding hydrogens is 487 g/mol. The van der Waals surface area contributed by atoms with E-state index in [9.17, 15) is 19.2 Å². The Morgan fingerprint density at radius 3 is 2.68 bits per heavy atom. The van der Waals surface area contributed by atoms with Crippen LogP contribution in [0, 0.1) is 0 Å². The summed E-state index contributed by atoms with van der Waals surface area (Å²) in [5, 5.41) is 0.746. The molecule has 11 heteroatoms. The fraction of sp³-hybridized carbons (Fsp3) is 0.478. The second-order valence-electron chi connectivity index (χ2n) is 8.03. The highest BCUT2D eigenvalue weighted by Crippen LogP contribution is 2.33. The number of hydrogen-bond acceptors (Lipinski definition) is 7. The van der Waals surface area contributed by atoms with Gasteiger partial charge in [-0.15, -0.1) is 0 Å². The van der Waals surface area contributed by atoms with E-state index in [1.165, 1.54) is 23.8 Å². The van der Waals surface area contributed by atoms with E-state index < -0.39 is 41.8 Å². The molecule has 1 aromatic carbocycles. The summed E-state index contributed by atoms with van der Waals surface area (Å²) in [5.74, 6) is -0.358. The molecule has 4 atom stereocenters. The maximum atomic E-state index is 12.7. The smallest absolute Gasteiger partial charge is 0.330 e. The van der Waals surface area contributed by atoms with Gasteiger partial charge in [-0.1, -0.05) is 30.1 Å². The lowest BCUT2D eigenvalue weighted by atomic mass is 10.0. The number of ketones is 1. The van der Waals surface area contributed by atoms with Crippen molar-refractivity contribution in [2.75, 3.05) is 0 Å². The number of rotatable bonds is 9.